The van der Waals surface area contributed by atoms with Crippen LogP contribution in [0.1, 0.15) is 25.0 Å². The number of rotatable bonds is 4. The van der Waals surface area contributed by atoms with Crippen LogP contribution in [0.4, 0.5) is 0 Å². The van der Waals surface area contributed by atoms with Crippen LogP contribution in [0.5, 0.6) is 0 Å². The van der Waals surface area contributed by atoms with E-state index in [-0.39, 0.29) is 30.3 Å². The van der Waals surface area contributed by atoms with Crippen molar-refractivity contribution in [2.75, 3.05) is 0 Å². The Morgan fingerprint density at radius 1 is 1.47 bits per heavy atom. The van der Waals surface area contributed by atoms with E-state index < -0.39 is 0 Å². The molecule has 1 saturated heterocycles. The third-order valence-electron chi connectivity index (χ3n) is 3.19. The van der Waals surface area contributed by atoms with Crippen LogP contribution in [0.15, 0.2) is 12.5 Å². The van der Waals surface area contributed by atoms with Crippen molar-refractivity contribution in [2.45, 2.75) is 37.9 Å². The highest BCUT2D eigenvalue weighted by atomic mass is 16.2. The van der Waals surface area contributed by atoms with E-state index >= 15 is 0 Å². The number of carbonyl (C=O) groups is 2. The van der Waals surface area contributed by atoms with Crippen molar-refractivity contribution in [1.29, 1.82) is 0 Å². The average molecular weight is 234 g/mol. The van der Waals surface area contributed by atoms with Crippen LogP contribution in [0.2, 0.25) is 0 Å². The summed E-state index contributed by atoms with van der Waals surface area (Å²) in [6.07, 6.45) is 5.50. The predicted octanol–water partition coefficient (Wildman–Crippen LogP) is -0.211. The summed E-state index contributed by atoms with van der Waals surface area (Å²) in [5.41, 5.74) is 0.912. The monoisotopic (exact) mass is 234 g/mol. The van der Waals surface area contributed by atoms with Gasteiger partial charge in [0.2, 0.25) is 11.8 Å². The lowest BCUT2D eigenvalue weighted by Gasteiger charge is -2.13. The van der Waals surface area contributed by atoms with E-state index in [1.54, 1.807) is 12.5 Å². The first-order valence-corrected chi connectivity index (χ1v) is 5.82. The number of imide groups is 1. The van der Waals surface area contributed by atoms with Crippen molar-refractivity contribution < 1.29 is 9.59 Å². The second-order valence-corrected chi connectivity index (χ2v) is 4.55. The molecule has 17 heavy (non-hydrogen) atoms. The van der Waals surface area contributed by atoms with Crippen LogP contribution >= 0.6 is 0 Å². The molecule has 0 radical (unpaired) electrons. The summed E-state index contributed by atoms with van der Waals surface area (Å²) in [4.78, 5) is 31.9. The molecule has 2 fully saturated rings. The molecule has 1 aliphatic heterocycles. The molecule has 0 spiro atoms. The Kier molecular flexibility index (Phi) is 2.44. The minimum Gasteiger partial charge on any atom is -0.347 e. The number of nitrogens with one attached hydrogen (secondary N) is 2. The van der Waals surface area contributed by atoms with Crippen LogP contribution in [-0.2, 0) is 16.1 Å². The van der Waals surface area contributed by atoms with Crippen molar-refractivity contribution in [2.24, 2.45) is 0 Å². The van der Waals surface area contributed by atoms with E-state index in [1.807, 2.05) is 0 Å². The van der Waals surface area contributed by atoms with Gasteiger partial charge >= 0.3 is 0 Å². The maximum atomic E-state index is 12.0. The Morgan fingerprint density at radius 2 is 2.29 bits per heavy atom. The van der Waals surface area contributed by atoms with E-state index in [0.717, 1.165) is 18.5 Å². The van der Waals surface area contributed by atoms with E-state index in [4.69, 9.17) is 0 Å². The first kappa shape index (κ1) is 10.5. The fourth-order valence-electron chi connectivity index (χ4n) is 2.14. The van der Waals surface area contributed by atoms with Crippen molar-refractivity contribution in [1.82, 2.24) is 20.2 Å². The summed E-state index contributed by atoms with van der Waals surface area (Å²) in [5, 5.41) is 3.09. The molecule has 1 aromatic heterocycles. The SMILES string of the molecule is O=C1CC(NCc2cnc[nH]2)C(=O)N1C1CC1. The summed E-state index contributed by atoms with van der Waals surface area (Å²) in [7, 11) is 0. The number of amides is 2. The lowest BCUT2D eigenvalue weighted by molar-refractivity contribution is -0.139. The van der Waals surface area contributed by atoms with Gasteiger partial charge in [0.05, 0.1) is 18.8 Å². The number of carbonyl (C=O) groups excluding carboxylic acids is 2. The average Bonchev–Trinajstić information content (AvgIpc) is 2.90. The van der Waals surface area contributed by atoms with Gasteiger partial charge in [0.25, 0.3) is 0 Å². The minimum atomic E-state index is -0.369. The number of H-pyrrole nitrogens is 1. The summed E-state index contributed by atoms with van der Waals surface area (Å²) < 4.78 is 0. The highest BCUT2D eigenvalue weighted by molar-refractivity contribution is 6.06. The van der Waals surface area contributed by atoms with E-state index in [1.165, 1.54) is 4.90 Å². The van der Waals surface area contributed by atoms with Gasteiger partial charge in [-0.15, -0.1) is 0 Å². The molecule has 1 unspecified atom stereocenters. The number of aromatic nitrogens is 2. The molecule has 6 heteroatoms. The number of hydrogen-bond acceptors (Lipinski definition) is 4. The van der Waals surface area contributed by atoms with Gasteiger partial charge in [-0.1, -0.05) is 0 Å². The quantitative estimate of drug-likeness (QED) is 0.707. The van der Waals surface area contributed by atoms with Gasteiger partial charge in [0.1, 0.15) is 0 Å². The molecule has 90 valence electrons. The van der Waals surface area contributed by atoms with Gasteiger partial charge in [-0.25, -0.2) is 4.98 Å². The fourth-order valence-corrected chi connectivity index (χ4v) is 2.14. The summed E-state index contributed by atoms with van der Waals surface area (Å²) in [6, 6.07) is -0.194. The van der Waals surface area contributed by atoms with Gasteiger partial charge in [-0.3, -0.25) is 19.8 Å². The largest absolute Gasteiger partial charge is 0.347 e. The van der Waals surface area contributed by atoms with Crippen molar-refractivity contribution in [3.63, 3.8) is 0 Å². The van der Waals surface area contributed by atoms with Crippen LogP contribution in [-0.4, -0.2) is 38.8 Å². The zero-order valence-electron chi connectivity index (χ0n) is 9.35. The van der Waals surface area contributed by atoms with Gasteiger partial charge in [0, 0.05) is 24.5 Å². The Labute approximate surface area is 98.4 Å². The first-order chi connectivity index (χ1) is 8.25. The van der Waals surface area contributed by atoms with Crippen LogP contribution in [0, 0.1) is 0 Å². The third-order valence-corrected chi connectivity index (χ3v) is 3.19. The number of nitrogens with zero attached hydrogens (tertiary/aromatic N) is 2. The maximum Gasteiger partial charge on any atom is 0.247 e. The Morgan fingerprint density at radius 3 is 2.94 bits per heavy atom. The van der Waals surface area contributed by atoms with Gasteiger partial charge in [0.15, 0.2) is 0 Å². The lowest BCUT2D eigenvalue weighted by atomic mass is 10.2. The number of likely N-dealkylation sites (tertiary alicyclic amines) is 1. The van der Waals surface area contributed by atoms with Gasteiger partial charge in [-0.05, 0) is 12.8 Å². The Bertz CT molecular complexity index is 438. The smallest absolute Gasteiger partial charge is 0.247 e. The molecule has 3 rings (SSSR count). The van der Waals surface area contributed by atoms with Crippen LogP contribution in [0.25, 0.3) is 0 Å². The third kappa shape index (κ3) is 1.95. The summed E-state index contributed by atoms with van der Waals surface area (Å²) in [5.74, 6) is -0.114. The molecule has 0 aromatic carbocycles. The molecule has 2 heterocycles. The molecule has 1 atom stereocenters. The normalized spacial score (nSPS) is 24.7. The topological polar surface area (TPSA) is 78.1 Å². The zero-order chi connectivity index (χ0) is 11.8. The first-order valence-electron chi connectivity index (χ1n) is 5.82. The molecule has 0 bridgehead atoms. The molecule has 1 saturated carbocycles. The molecule has 1 aliphatic carbocycles. The molecule has 2 amide bonds. The van der Waals surface area contributed by atoms with Crippen molar-refractivity contribution >= 4 is 11.8 Å². The van der Waals surface area contributed by atoms with Crippen LogP contribution < -0.4 is 5.32 Å². The molecular weight excluding hydrogens is 220 g/mol. The van der Waals surface area contributed by atoms with Crippen molar-refractivity contribution in [3.05, 3.63) is 18.2 Å². The second kappa shape index (κ2) is 3.96. The standard InChI is InChI=1S/C11H14N4O2/c16-10-3-9(11(17)15(10)8-1-2-8)13-5-7-4-12-6-14-7/h4,6,8-9,13H,1-3,5H2,(H,12,14). The summed E-state index contributed by atoms with van der Waals surface area (Å²) in [6.45, 7) is 0.530. The minimum absolute atomic E-state index is 0.0420. The molecule has 1 aromatic rings. The highest BCUT2D eigenvalue weighted by Gasteiger charge is 2.45. The summed E-state index contributed by atoms with van der Waals surface area (Å²) >= 11 is 0. The van der Waals surface area contributed by atoms with Crippen LogP contribution in [0.3, 0.4) is 0 Å². The number of hydrogen-bond donors (Lipinski definition) is 2. The van der Waals surface area contributed by atoms with Gasteiger partial charge < -0.3 is 4.98 Å². The maximum absolute atomic E-state index is 12.0. The van der Waals surface area contributed by atoms with Gasteiger partial charge in [-0.2, -0.15) is 0 Å². The van der Waals surface area contributed by atoms with E-state index in [9.17, 15) is 9.59 Å². The highest BCUT2D eigenvalue weighted by Crippen LogP contribution is 2.31. The molecule has 2 N–H and O–H groups in total. The molecule has 6 nitrogen and oxygen atoms in total. The number of aromatic amines is 1. The fraction of sp³-hybridized carbons (Fsp3) is 0.545. The zero-order valence-corrected chi connectivity index (χ0v) is 9.35. The second-order valence-electron chi connectivity index (χ2n) is 4.55. The van der Waals surface area contributed by atoms with Crippen molar-refractivity contribution in [3.8, 4) is 0 Å². The Balaban J connectivity index is 1.61. The lowest BCUT2D eigenvalue weighted by Crippen LogP contribution is -2.39. The van der Waals surface area contributed by atoms with E-state index in [2.05, 4.69) is 15.3 Å². The molecular formula is C11H14N4O2. The van der Waals surface area contributed by atoms with E-state index in [0.29, 0.717) is 6.54 Å². The Hall–Kier alpha value is -1.69. The molecule has 2 aliphatic rings. The number of imidazole rings is 1. The predicted molar refractivity (Wildman–Crippen MR) is 58.7 cm³/mol.